The summed E-state index contributed by atoms with van der Waals surface area (Å²) in [5, 5.41) is 2.53. The first-order chi connectivity index (χ1) is 12.4. The molecule has 0 unspecified atom stereocenters. The van der Waals surface area contributed by atoms with Crippen LogP contribution in [0, 0.1) is 5.82 Å². The molecule has 0 spiro atoms. The second-order valence-corrected chi connectivity index (χ2v) is 6.55. The Labute approximate surface area is 159 Å². The molecule has 1 fully saturated rings. The minimum atomic E-state index is -0.737. The van der Waals surface area contributed by atoms with Crippen LogP contribution in [0.3, 0.4) is 0 Å². The smallest absolute Gasteiger partial charge is 0.257 e. The SMILES string of the molecule is COc1ccc(NC(=O)c2cc(F)c(Cl)cc2Cl)cc1N1CCCC1=O. The van der Waals surface area contributed by atoms with Crippen LogP contribution in [0.4, 0.5) is 15.8 Å². The summed E-state index contributed by atoms with van der Waals surface area (Å²) in [5.41, 5.74) is 0.960. The Morgan fingerprint density at radius 1 is 1.23 bits per heavy atom. The predicted octanol–water partition coefficient (Wildman–Crippen LogP) is 4.52. The Hall–Kier alpha value is -2.31. The second kappa shape index (κ2) is 7.51. The first-order valence-electron chi connectivity index (χ1n) is 7.85. The van der Waals surface area contributed by atoms with Gasteiger partial charge in [-0.05, 0) is 36.8 Å². The van der Waals surface area contributed by atoms with Crippen molar-refractivity contribution in [3.8, 4) is 5.75 Å². The van der Waals surface area contributed by atoms with E-state index in [2.05, 4.69) is 5.32 Å². The van der Waals surface area contributed by atoms with Gasteiger partial charge < -0.3 is 15.0 Å². The summed E-state index contributed by atoms with van der Waals surface area (Å²) in [5.74, 6) is -0.808. The highest BCUT2D eigenvalue weighted by Crippen LogP contribution is 2.34. The summed E-state index contributed by atoms with van der Waals surface area (Å²) in [6.07, 6.45) is 1.23. The number of rotatable bonds is 4. The molecule has 8 heteroatoms. The van der Waals surface area contributed by atoms with E-state index >= 15 is 0 Å². The Bertz CT molecular complexity index is 889. The minimum Gasteiger partial charge on any atom is -0.495 e. The van der Waals surface area contributed by atoms with Crippen molar-refractivity contribution in [3.05, 3.63) is 51.8 Å². The first-order valence-corrected chi connectivity index (χ1v) is 8.60. The highest BCUT2D eigenvalue weighted by molar-refractivity contribution is 6.37. The summed E-state index contributed by atoms with van der Waals surface area (Å²) >= 11 is 11.6. The normalized spacial score (nSPS) is 13.8. The highest BCUT2D eigenvalue weighted by atomic mass is 35.5. The van der Waals surface area contributed by atoms with Crippen LogP contribution in [0.25, 0.3) is 0 Å². The third-order valence-corrected chi connectivity index (χ3v) is 4.66. The third-order valence-electron chi connectivity index (χ3n) is 4.06. The molecular weight excluding hydrogens is 382 g/mol. The molecule has 136 valence electrons. The van der Waals surface area contributed by atoms with Gasteiger partial charge in [-0.3, -0.25) is 9.59 Å². The fourth-order valence-electron chi connectivity index (χ4n) is 2.78. The average molecular weight is 397 g/mol. The maximum atomic E-state index is 13.6. The van der Waals surface area contributed by atoms with Crippen LogP contribution < -0.4 is 15.0 Å². The van der Waals surface area contributed by atoms with Gasteiger partial charge in [0.05, 0.1) is 28.4 Å². The summed E-state index contributed by atoms with van der Waals surface area (Å²) in [6, 6.07) is 7.08. The number of anilines is 2. The molecule has 0 radical (unpaired) electrons. The lowest BCUT2D eigenvalue weighted by atomic mass is 10.2. The van der Waals surface area contributed by atoms with Crippen LogP contribution in [-0.2, 0) is 4.79 Å². The summed E-state index contributed by atoms with van der Waals surface area (Å²) in [6.45, 7) is 0.584. The van der Waals surface area contributed by atoms with Gasteiger partial charge >= 0.3 is 0 Å². The van der Waals surface area contributed by atoms with E-state index in [4.69, 9.17) is 27.9 Å². The van der Waals surface area contributed by atoms with Gasteiger partial charge in [-0.15, -0.1) is 0 Å². The minimum absolute atomic E-state index is 0.00501. The zero-order valence-corrected chi connectivity index (χ0v) is 15.3. The number of carbonyl (C=O) groups excluding carboxylic acids is 2. The van der Waals surface area contributed by atoms with Crippen molar-refractivity contribution in [1.82, 2.24) is 0 Å². The average Bonchev–Trinajstić information content (AvgIpc) is 3.03. The number of methoxy groups -OCH3 is 1. The van der Waals surface area contributed by atoms with Gasteiger partial charge in [-0.2, -0.15) is 0 Å². The van der Waals surface area contributed by atoms with E-state index in [9.17, 15) is 14.0 Å². The molecule has 0 atom stereocenters. The number of hydrogen-bond donors (Lipinski definition) is 1. The van der Waals surface area contributed by atoms with Crippen LogP contribution in [0.1, 0.15) is 23.2 Å². The number of ether oxygens (including phenoxy) is 1. The van der Waals surface area contributed by atoms with Gasteiger partial charge in [0.25, 0.3) is 5.91 Å². The predicted molar refractivity (Wildman–Crippen MR) is 99.0 cm³/mol. The van der Waals surface area contributed by atoms with E-state index in [1.165, 1.54) is 13.2 Å². The summed E-state index contributed by atoms with van der Waals surface area (Å²) in [7, 11) is 1.51. The molecule has 1 aliphatic rings. The molecular formula is C18H15Cl2FN2O3. The molecule has 2 amide bonds. The monoisotopic (exact) mass is 396 g/mol. The van der Waals surface area contributed by atoms with Crippen molar-refractivity contribution in [1.29, 1.82) is 0 Å². The molecule has 1 heterocycles. The fraction of sp³-hybridized carbons (Fsp3) is 0.222. The molecule has 5 nitrogen and oxygen atoms in total. The van der Waals surface area contributed by atoms with E-state index < -0.39 is 11.7 Å². The van der Waals surface area contributed by atoms with Gasteiger partial charge in [0.2, 0.25) is 5.91 Å². The Balaban J connectivity index is 1.89. The first kappa shape index (κ1) is 18.5. The number of nitrogens with one attached hydrogen (secondary N) is 1. The van der Waals surface area contributed by atoms with Gasteiger partial charge in [0.1, 0.15) is 11.6 Å². The summed E-state index contributed by atoms with van der Waals surface area (Å²) < 4.78 is 18.9. The third kappa shape index (κ3) is 3.61. The molecule has 0 bridgehead atoms. The largest absolute Gasteiger partial charge is 0.495 e. The zero-order chi connectivity index (χ0) is 18.8. The van der Waals surface area contributed by atoms with Crippen molar-refractivity contribution < 1.29 is 18.7 Å². The van der Waals surface area contributed by atoms with E-state index in [1.807, 2.05) is 0 Å². The molecule has 0 aromatic heterocycles. The number of carbonyl (C=O) groups is 2. The van der Waals surface area contributed by atoms with Crippen molar-refractivity contribution in [2.45, 2.75) is 12.8 Å². The van der Waals surface area contributed by atoms with Gasteiger partial charge in [-0.25, -0.2) is 4.39 Å². The fourth-order valence-corrected chi connectivity index (χ4v) is 3.25. The van der Waals surface area contributed by atoms with Crippen molar-refractivity contribution in [3.63, 3.8) is 0 Å². The van der Waals surface area contributed by atoms with E-state index in [0.29, 0.717) is 30.1 Å². The molecule has 2 aromatic carbocycles. The zero-order valence-electron chi connectivity index (χ0n) is 13.8. The Morgan fingerprint density at radius 3 is 2.65 bits per heavy atom. The standard InChI is InChI=1S/C18H15Cl2FN2O3/c1-26-16-5-4-10(7-15(16)23-6-2-3-17(23)24)22-18(25)11-8-14(21)13(20)9-12(11)19/h4-5,7-9H,2-3,6H2,1H3,(H,22,25). The Morgan fingerprint density at radius 2 is 2.00 bits per heavy atom. The number of benzene rings is 2. The lowest BCUT2D eigenvalue weighted by Gasteiger charge is -2.20. The number of hydrogen-bond acceptors (Lipinski definition) is 3. The molecule has 1 N–H and O–H groups in total. The van der Waals surface area contributed by atoms with Crippen molar-refractivity contribution in [2.75, 3.05) is 23.9 Å². The molecule has 26 heavy (non-hydrogen) atoms. The highest BCUT2D eigenvalue weighted by Gasteiger charge is 2.25. The Kier molecular flexibility index (Phi) is 5.34. The van der Waals surface area contributed by atoms with Crippen LogP contribution in [0.5, 0.6) is 5.75 Å². The number of nitrogens with zero attached hydrogens (tertiary/aromatic N) is 1. The van der Waals surface area contributed by atoms with Crippen molar-refractivity contribution >= 4 is 46.4 Å². The molecule has 0 aliphatic carbocycles. The van der Waals surface area contributed by atoms with Crippen LogP contribution in [0.15, 0.2) is 30.3 Å². The van der Waals surface area contributed by atoms with E-state index in [0.717, 1.165) is 12.5 Å². The van der Waals surface area contributed by atoms with Gasteiger partial charge in [0.15, 0.2) is 0 Å². The quantitative estimate of drug-likeness (QED) is 0.772. The maximum absolute atomic E-state index is 13.6. The van der Waals surface area contributed by atoms with Crippen LogP contribution >= 0.6 is 23.2 Å². The van der Waals surface area contributed by atoms with Crippen molar-refractivity contribution in [2.24, 2.45) is 0 Å². The van der Waals surface area contributed by atoms with Crippen LogP contribution in [0.2, 0.25) is 10.0 Å². The molecule has 0 saturated carbocycles. The number of halogens is 3. The van der Waals surface area contributed by atoms with Gasteiger partial charge in [0, 0.05) is 18.7 Å². The lowest BCUT2D eigenvalue weighted by molar-refractivity contribution is -0.117. The maximum Gasteiger partial charge on any atom is 0.257 e. The van der Waals surface area contributed by atoms with E-state index in [-0.39, 0.29) is 21.5 Å². The molecule has 1 aliphatic heterocycles. The topological polar surface area (TPSA) is 58.6 Å². The van der Waals surface area contributed by atoms with Gasteiger partial charge in [-0.1, -0.05) is 23.2 Å². The molecule has 2 aromatic rings. The number of amides is 2. The second-order valence-electron chi connectivity index (χ2n) is 5.74. The summed E-state index contributed by atoms with van der Waals surface area (Å²) in [4.78, 5) is 26.1. The molecule has 3 rings (SSSR count). The molecule has 1 saturated heterocycles. The lowest BCUT2D eigenvalue weighted by Crippen LogP contribution is -2.24. The van der Waals surface area contributed by atoms with Crippen LogP contribution in [-0.4, -0.2) is 25.5 Å². The van der Waals surface area contributed by atoms with E-state index in [1.54, 1.807) is 23.1 Å².